The monoisotopic (exact) mass is 442 g/mol. The van der Waals surface area contributed by atoms with E-state index in [1.807, 2.05) is 12.1 Å². The zero-order valence-corrected chi connectivity index (χ0v) is 19.4. The zero-order valence-electron chi connectivity index (χ0n) is 18.7. The molecule has 31 heavy (non-hydrogen) atoms. The summed E-state index contributed by atoms with van der Waals surface area (Å²) in [5.41, 5.74) is 0.499. The third kappa shape index (κ3) is 7.88. The van der Waals surface area contributed by atoms with Crippen LogP contribution in [0.2, 0.25) is 5.02 Å². The molecule has 4 heteroatoms. The summed E-state index contributed by atoms with van der Waals surface area (Å²) in [5.74, 6) is 2.68. The van der Waals surface area contributed by atoms with Crippen LogP contribution < -0.4 is 9.47 Å². The summed E-state index contributed by atoms with van der Waals surface area (Å²) in [7, 11) is 0. The predicted molar refractivity (Wildman–Crippen MR) is 127 cm³/mol. The second-order valence-electron chi connectivity index (χ2n) is 8.66. The fourth-order valence-electron chi connectivity index (χ4n) is 4.59. The van der Waals surface area contributed by atoms with Crippen molar-refractivity contribution < 1.29 is 14.3 Å². The Labute approximate surface area is 192 Å². The van der Waals surface area contributed by atoms with Crippen LogP contribution in [0.1, 0.15) is 81.5 Å². The number of benzene rings is 2. The maximum atomic E-state index is 12.3. The van der Waals surface area contributed by atoms with Gasteiger partial charge in [0.25, 0.3) is 0 Å². The molecule has 0 heterocycles. The normalized spacial score (nSPS) is 18.5. The van der Waals surface area contributed by atoms with Crippen LogP contribution in [-0.2, 0) is 0 Å². The Balaban J connectivity index is 1.39. The molecule has 168 valence electrons. The largest absolute Gasteiger partial charge is 0.494 e. The molecule has 2 atom stereocenters. The zero-order chi connectivity index (χ0) is 21.9. The fraction of sp³-hybridized carbons (Fsp3) is 0.519. The molecule has 2 unspecified atom stereocenters. The van der Waals surface area contributed by atoms with Gasteiger partial charge >= 0.3 is 5.97 Å². The summed E-state index contributed by atoms with van der Waals surface area (Å²) in [6.45, 7) is 3.01. The van der Waals surface area contributed by atoms with Gasteiger partial charge in [0.05, 0.1) is 12.2 Å². The van der Waals surface area contributed by atoms with E-state index in [0.717, 1.165) is 30.6 Å². The van der Waals surface area contributed by atoms with Crippen molar-refractivity contribution in [1.82, 2.24) is 0 Å². The van der Waals surface area contributed by atoms with Gasteiger partial charge < -0.3 is 9.47 Å². The lowest BCUT2D eigenvalue weighted by Gasteiger charge is -2.31. The molecule has 0 amide bonds. The molecule has 1 aliphatic carbocycles. The van der Waals surface area contributed by atoms with Crippen molar-refractivity contribution in [1.29, 1.82) is 0 Å². The molecule has 0 N–H and O–H groups in total. The molecule has 3 rings (SSSR count). The van der Waals surface area contributed by atoms with Crippen molar-refractivity contribution >= 4 is 17.6 Å². The summed E-state index contributed by atoms with van der Waals surface area (Å²) in [5, 5.41) is 0.608. The van der Waals surface area contributed by atoms with Crippen LogP contribution in [0.15, 0.2) is 48.5 Å². The number of hydrogen-bond donors (Lipinski definition) is 0. The van der Waals surface area contributed by atoms with E-state index in [9.17, 15) is 4.79 Å². The minimum atomic E-state index is -0.389. The number of unbranched alkanes of at least 4 members (excludes halogenated alkanes) is 2. The van der Waals surface area contributed by atoms with Crippen molar-refractivity contribution in [2.45, 2.75) is 71.1 Å². The number of ether oxygens (including phenoxy) is 2. The molecule has 0 aromatic heterocycles. The van der Waals surface area contributed by atoms with Gasteiger partial charge in [-0.2, -0.15) is 0 Å². The van der Waals surface area contributed by atoms with E-state index in [1.54, 1.807) is 36.4 Å². The number of carbonyl (C=O) groups excluding carboxylic acids is 1. The maximum Gasteiger partial charge on any atom is 0.343 e. The van der Waals surface area contributed by atoms with Gasteiger partial charge in [0.15, 0.2) is 0 Å². The second-order valence-corrected chi connectivity index (χ2v) is 9.10. The van der Waals surface area contributed by atoms with E-state index in [1.165, 1.54) is 57.8 Å². The first-order valence-electron chi connectivity index (χ1n) is 11.9. The van der Waals surface area contributed by atoms with E-state index >= 15 is 0 Å². The number of carbonyl (C=O) groups is 1. The van der Waals surface area contributed by atoms with Crippen LogP contribution in [0.25, 0.3) is 0 Å². The Morgan fingerprint density at radius 2 is 1.48 bits per heavy atom. The summed E-state index contributed by atoms with van der Waals surface area (Å²) in [4.78, 5) is 12.3. The molecular weight excluding hydrogens is 408 g/mol. The van der Waals surface area contributed by atoms with E-state index in [0.29, 0.717) is 16.3 Å². The highest BCUT2D eigenvalue weighted by Gasteiger charge is 2.24. The molecule has 2 aromatic rings. The molecule has 0 bridgehead atoms. The lowest BCUT2D eigenvalue weighted by molar-refractivity contribution is 0.0734. The van der Waals surface area contributed by atoms with Gasteiger partial charge in [-0.25, -0.2) is 4.79 Å². The van der Waals surface area contributed by atoms with Crippen LogP contribution >= 0.6 is 11.6 Å². The van der Waals surface area contributed by atoms with Gasteiger partial charge in [-0.15, -0.1) is 0 Å². The predicted octanol–water partition coefficient (Wildman–Crippen LogP) is 8.10. The third-order valence-corrected chi connectivity index (χ3v) is 6.60. The number of hydrogen-bond acceptors (Lipinski definition) is 3. The molecule has 0 radical (unpaired) electrons. The standard InChI is InChI=1S/C27H35ClO3/c1-2-3-4-8-21-9-5-6-10-22(21)11-7-20-30-25-16-12-23(13-17-25)27(29)31-26-18-14-24(28)15-19-26/h12-19,21-22H,2-11,20H2,1H3. The smallest absolute Gasteiger partial charge is 0.343 e. The molecule has 1 saturated carbocycles. The van der Waals surface area contributed by atoms with Crippen molar-refractivity contribution in [3.05, 3.63) is 59.1 Å². The van der Waals surface area contributed by atoms with Gasteiger partial charge in [-0.1, -0.05) is 69.9 Å². The highest BCUT2D eigenvalue weighted by atomic mass is 35.5. The molecule has 0 aliphatic heterocycles. The Bertz CT molecular complexity index is 785. The van der Waals surface area contributed by atoms with E-state index in [2.05, 4.69) is 6.92 Å². The Kier molecular flexibility index (Phi) is 9.74. The van der Waals surface area contributed by atoms with E-state index in [4.69, 9.17) is 21.1 Å². The maximum absolute atomic E-state index is 12.3. The quantitative estimate of drug-likeness (QED) is 0.200. The highest BCUT2D eigenvalue weighted by Crippen LogP contribution is 2.36. The first-order chi connectivity index (χ1) is 15.2. The van der Waals surface area contributed by atoms with E-state index in [-0.39, 0.29) is 5.97 Å². The topological polar surface area (TPSA) is 35.5 Å². The van der Waals surface area contributed by atoms with Gasteiger partial charge in [-0.05, 0) is 73.2 Å². The van der Waals surface area contributed by atoms with Gasteiger partial charge in [0, 0.05) is 5.02 Å². The summed E-state index contributed by atoms with van der Waals surface area (Å²) < 4.78 is 11.3. The highest BCUT2D eigenvalue weighted by molar-refractivity contribution is 6.30. The van der Waals surface area contributed by atoms with Crippen LogP contribution in [0, 0.1) is 11.8 Å². The number of esters is 1. The Morgan fingerprint density at radius 1 is 0.871 bits per heavy atom. The minimum Gasteiger partial charge on any atom is -0.494 e. The van der Waals surface area contributed by atoms with Crippen molar-refractivity contribution in [3.63, 3.8) is 0 Å². The third-order valence-electron chi connectivity index (χ3n) is 6.35. The van der Waals surface area contributed by atoms with Gasteiger partial charge in [0.1, 0.15) is 11.5 Å². The second kappa shape index (κ2) is 12.8. The minimum absolute atomic E-state index is 0.389. The molecule has 0 spiro atoms. The van der Waals surface area contributed by atoms with Gasteiger partial charge in [0.2, 0.25) is 0 Å². The molecule has 2 aromatic carbocycles. The van der Waals surface area contributed by atoms with Crippen molar-refractivity contribution in [3.8, 4) is 11.5 Å². The molecule has 1 aliphatic rings. The molecular formula is C27H35ClO3. The van der Waals surface area contributed by atoms with E-state index < -0.39 is 0 Å². The number of rotatable bonds is 11. The summed E-state index contributed by atoms with van der Waals surface area (Å²) in [6.07, 6.45) is 13.5. The Hall–Kier alpha value is -2.00. The summed E-state index contributed by atoms with van der Waals surface area (Å²) >= 11 is 5.86. The van der Waals surface area contributed by atoms with Gasteiger partial charge in [-0.3, -0.25) is 0 Å². The Morgan fingerprint density at radius 3 is 2.13 bits per heavy atom. The average Bonchev–Trinajstić information content (AvgIpc) is 2.79. The summed E-state index contributed by atoms with van der Waals surface area (Å²) in [6, 6.07) is 13.9. The molecule has 1 fully saturated rings. The SMILES string of the molecule is CCCCCC1CCCCC1CCCOc1ccc(C(=O)Oc2ccc(Cl)cc2)cc1. The van der Waals surface area contributed by atoms with Crippen LogP contribution in [-0.4, -0.2) is 12.6 Å². The van der Waals surface area contributed by atoms with Crippen molar-refractivity contribution in [2.24, 2.45) is 11.8 Å². The van der Waals surface area contributed by atoms with Crippen molar-refractivity contribution in [2.75, 3.05) is 6.61 Å². The first-order valence-corrected chi connectivity index (χ1v) is 12.2. The molecule has 0 saturated heterocycles. The molecule has 3 nitrogen and oxygen atoms in total. The number of halogens is 1. The van der Waals surface area contributed by atoms with Crippen LogP contribution in [0.4, 0.5) is 0 Å². The first kappa shape index (κ1) is 23.7. The average molecular weight is 443 g/mol. The lowest BCUT2D eigenvalue weighted by atomic mass is 9.74. The lowest BCUT2D eigenvalue weighted by Crippen LogP contribution is -2.20. The van der Waals surface area contributed by atoms with Crippen LogP contribution in [0.5, 0.6) is 11.5 Å². The fourth-order valence-corrected chi connectivity index (χ4v) is 4.72. The van der Waals surface area contributed by atoms with Crippen LogP contribution in [0.3, 0.4) is 0 Å².